The Labute approximate surface area is 112 Å². The first-order valence-corrected chi connectivity index (χ1v) is 6.96. The number of carbonyl (C=O) groups is 1. The molecule has 0 radical (unpaired) electrons. The van der Waals surface area contributed by atoms with Crippen LogP contribution in [0.3, 0.4) is 0 Å². The van der Waals surface area contributed by atoms with E-state index in [4.69, 9.17) is 11.6 Å². The maximum Gasteiger partial charge on any atom is 0.169 e. The summed E-state index contributed by atoms with van der Waals surface area (Å²) in [5.74, 6) is 0.781. The van der Waals surface area contributed by atoms with Crippen molar-refractivity contribution in [3.63, 3.8) is 0 Å². The zero-order valence-corrected chi connectivity index (χ0v) is 11.3. The Morgan fingerprint density at radius 2 is 2.00 bits per heavy atom. The Bertz CT molecular complexity index is 517. The van der Waals surface area contributed by atoms with Crippen molar-refractivity contribution < 1.29 is 9.90 Å². The Morgan fingerprint density at radius 3 is 2.67 bits per heavy atom. The average Bonchev–Trinajstić information content (AvgIpc) is 2.92. The van der Waals surface area contributed by atoms with E-state index in [-0.39, 0.29) is 22.0 Å². The zero-order valence-electron chi connectivity index (χ0n) is 10.5. The van der Waals surface area contributed by atoms with E-state index in [2.05, 4.69) is 6.92 Å². The van der Waals surface area contributed by atoms with Gasteiger partial charge >= 0.3 is 0 Å². The van der Waals surface area contributed by atoms with Crippen LogP contribution in [-0.4, -0.2) is 10.9 Å². The molecule has 1 atom stereocenters. The first kappa shape index (κ1) is 12.0. The number of Topliss-reactive ketones (excluding diaryl/α,β-unsaturated/α-hetero) is 1. The van der Waals surface area contributed by atoms with Gasteiger partial charge in [-0.05, 0) is 42.9 Å². The van der Waals surface area contributed by atoms with Crippen molar-refractivity contribution in [3.05, 3.63) is 28.3 Å². The Kier molecular flexibility index (Phi) is 2.67. The fourth-order valence-corrected chi connectivity index (χ4v) is 3.80. The number of rotatable bonds is 1. The van der Waals surface area contributed by atoms with E-state index in [0.717, 1.165) is 24.8 Å². The van der Waals surface area contributed by atoms with Gasteiger partial charge in [-0.25, -0.2) is 0 Å². The lowest BCUT2D eigenvalue weighted by Gasteiger charge is -2.29. The molecule has 0 amide bonds. The van der Waals surface area contributed by atoms with Gasteiger partial charge in [-0.1, -0.05) is 31.4 Å². The van der Waals surface area contributed by atoms with Crippen molar-refractivity contribution in [2.24, 2.45) is 11.3 Å². The number of halogens is 1. The van der Waals surface area contributed by atoms with Crippen LogP contribution in [-0.2, 0) is 6.42 Å². The summed E-state index contributed by atoms with van der Waals surface area (Å²) in [6, 6.07) is 3.30. The molecule has 2 nitrogen and oxygen atoms in total. The molecule has 1 unspecified atom stereocenters. The minimum atomic E-state index is -0.282. The fourth-order valence-electron chi connectivity index (χ4n) is 3.64. The highest BCUT2D eigenvalue weighted by Crippen LogP contribution is 2.49. The van der Waals surface area contributed by atoms with Crippen LogP contribution in [0.4, 0.5) is 0 Å². The summed E-state index contributed by atoms with van der Waals surface area (Å²) >= 11 is 5.91. The van der Waals surface area contributed by atoms with Gasteiger partial charge in [0.05, 0.1) is 5.02 Å². The number of phenolic OH excluding ortho intramolecular Hbond substituents is 1. The summed E-state index contributed by atoms with van der Waals surface area (Å²) in [6.45, 7) is 2.08. The van der Waals surface area contributed by atoms with E-state index in [0.29, 0.717) is 11.5 Å². The second-order valence-electron chi connectivity index (χ2n) is 5.87. The van der Waals surface area contributed by atoms with Crippen molar-refractivity contribution in [2.45, 2.75) is 39.0 Å². The smallest absolute Gasteiger partial charge is 0.169 e. The van der Waals surface area contributed by atoms with Gasteiger partial charge in [-0.15, -0.1) is 0 Å². The molecule has 0 saturated heterocycles. The molecule has 0 spiro atoms. The van der Waals surface area contributed by atoms with Crippen LogP contribution in [0.5, 0.6) is 5.75 Å². The maximum atomic E-state index is 12.6. The largest absolute Gasteiger partial charge is 0.506 e. The second kappa shape index (κ2) is 3.99. The van der Waals surface area contributed by atoms with E-state index in [1.807, 2.05) is 0 Å². The number of hydrogen-bond donors (Lipinski definition) is 1. The highest BCUT2D eigenvalue weighted by atomic mass is 35.5. The first-order valence-electron chi connectivity index (χ1n) is 6.58. The minimum absolute atomic E-state index is 0.0823. The third kappa shape index (κ3) is 1.58. The molecule has 0 heterocycles. The van der Waals surface area contributed by atoms with Crippen molar-refractivity contribution >= 4 is 17.4 Å². The normalized spacial score (nSPS) is 27.8. The summed E-state index contributed by atoms with van der Waals surface area (Å²) in [7, 11) is 0. The van der Waals surface area contributed by atoms with Crippen LogP contribution in [0.25, 0.3) is 0 Å². The molecule has 1 aromatic rings. The first-order chi connectivity index (χ1) is 8.52. The van der Waals surface area contributed by atoms with Gasteiger partial charge in [0.15, 0.2) is 5.78 Å². The molecule has 1 aromatic carbocycles. The van der Waals surface area contributed by atoms with Crippen LogP contribution in [0.1, 0.15) is 48.5 Å². The van der Waals surface area contributed by atoms with E-state index in [1.165, 1.54) is 12.8 Å². The van der Waals surface area contributed by atoms with E-state index in [9.17, 15) is 9.90 Å². The lowest BCUT2D eigenvalue weighted by molar-refractivity contribution is 0.0744. The molecule has 3 heteroatoms. The van der Waals surface area contributed by atoms with Crippen LogP contribution < -0.4 is 0 Å². The molecular weight excluding hydrogens is 248 g/mol. The molecule has 1 saturated carbocycles. The predicted molar refractivity (Wildman–Crippen MR) is 71.2 cm³/mol. The number of ketones is 1. The molecule has 2 aliphatic carbocycles. The molecular formula is C15H17ClO2. The van der Waals surface area contributed by atoms with Gasteiger partial charge in [-0.2, -0.15) is 0 Å². The number of fused-ring (bicyclic) bond motifs is 1. The summed E-state index contributed by atoms with van der Waals surface area (Å²) in [4.78, 5) is 12.6. The molecule has 2 aliphatic rings. The Morgan fingerprint density at radius 1 is 1.33 bits per heavy atom. The fraction of sp³-hybridized carbons (Fsp3) is 0.533. The van der Waals surface area contributed by atoms with Crippen LogP contribution >= 0.6 is 11.6 Å². The summed E-state index contributed by atoms with van der Waals surface area (Å²) in [6.07, 6.45) is 5.51. The quantitative estimate of drug-likeness (QED) is 0.833. The van der Waals surface area contributed by atoms with Crippen molar-refractivity contribution in [2.75, 3.05) is 0 Å². The average molecular weight is 265 g/mol. The number of phenols is 1. The Balaban J connectivity index is 2.02. The van der Waals surface area contributed by atoms with Crippen molar-refractivity contribution in [1.82, 2.24) is 0 Å². The molecule has 18 heavy (non-hydrogen) atoms. The van der Waals surface area contributed by atoms with Gasteiger partial charge in [0.25, 0.3) is 0 Å². The van der Waals surface area contributed by atoms with Crippen LogP contribution in [0.15, 0.2) is 12.1 Å². The monoisotopic (exact) mass is 264 g/mol. The number of aromatic hydroxyl groups is 1. The van der Waals surface area contributed by atoms with Gasteiger partial charge in [-0.3, -0.25) is 4.79 Å². The highest BCUT2D eigenvalue weighted by molar-refractivity contribution is 6.32. The van der Waals surface area contributed by atoms with E-state index >= 15 is 0 Å². The van der Waals surface area contributed by atoms with Gasteiger partial charge in [0.1, 0.15) is 5.75 Å². The van der Waals surface area contributed by atoms with Crippen molar-refractivity contribution in [3.8, 4) is 5.75 Å². The second-order valence-corrected chi connectivity index (χ2v) is 6.27. The molecule has 1 N–H and O–H groups in total. The SMILES string of the molecule is CC1(C2CCCC2)Cc2cc(O)c(Cl)cc2C1=O. The summed E-state index contributed by atoms with van der Waals surface area (Å²) < 4.78 is 0. The minimum Gasteiger partial charge on any atom is -0.506 e. The predicted octanol–water partition coefficient (Wildman–Crippen LogP) is 3.98. The maximum absolute atomic E-state index is 12.6. The third-order valence-electron chi connectivity index (χ3n) is 4.75. The standard InChI is InChI=1S/C15H17ClO2/c1-15(10-4-2-3-5-10)8-9-6-13(17)12(16)7-11(9)14(15)18/h6-7,10,17H,2-5,8H2,1H3. The lowest BCUT2D eigenvalue weighted by atomic mass is 9.73. The van der Waals surface area contributed by atoms with Crippen LogP contribution in [0.2, 0.25) is 5.02 Å². The highest BCUT2D eigenvalue weighted by Gasteiger charge is 2.47. The van der Waals surface area contributed by atoms with Gasteiger partial charge in [0, 0.05) is 11.0 Å². The topological polar surface area (TPSA) is 37.3 Å². The molecule has 1 fully saturated rings. The van der Waals surface area contributed by atoms with Crippen LogP contribution in [0, 0.1) is 11.3 Å². The summed E-state index contributed by atoms with van der Waals surface area (Å²) in [5, 5.41) is 9.94. The lowest BCUT2D eigenvalue weighted by Crippen LogP contribution is -2.32. The molecule has 96 valence electrons. The van der Waals surface area contributed by atoms with E-state index < -0.39 is 0 Å². The number of carbonyl (C=O) groups excluding carboxylic acids is 1. The van der Waals surface area contributed by atoms with E-state index in [1.54, 1.807) is 12.1 Å². The molecule has 0 aliphatic heterocycles. The molecule has 3 rings (SSSR count). The van der Waals surface area contributed by atoms with Gasteiger partial charge in [0.2, 0.25) is 0 Å². The Hall–Kier alpha value is -1.02. The number of hydrogen-bond acceptors (Lipinski definition) is 2. The zero-order chi connectivity index (χ0) is 12.9. The summed E-state index contributed by atoms with van der Waals surface area (Å²) in [5.41, 5.74) is 1.39. The van der Waals surface area contributed by atoms with Crippen molar-refractivity contribution in [1.29, 1.82) is 0 Å². The third-order valence-corrected chi connectivity index (χ3v) is 5.05. The molecule has 0 aromatic heterocycles. The van der Waals surface area contributed by atoms with Gasteiger partial charge < -0.3 is 5.11 Å². The molecule has 0 bridgehead atoms. The number of benzene rings is 1.